The molecule has 4 nitrogen and oxygen atoms in total. The van der Waals surface area contributed by atoms with E-state index in [1.807, 2.05) is 12.1 Å². The van der Waals surface area contributed by atoms with Crippen molar-refractivity contribution in [3.05, 3.63) is 34.6 Å². The fourth-order valence-electron chi connectivity index (χ4n) is 2.49. The van der Waals surface area contributed by atoms with Crippen LogP contribution in [0, 0.1) is 0 Å². The van der Waals surface area contributed by atoms with Gasteiger partial charge in [-0.2, -0.15) is 0 Å². The number of hydrogen-bond acceptors (Lipinski definition) is 3. The number of aromatic nitrogens is 2. The largest absolute Gasteiger partial charge is 0.507 e. The number of benzene rings is 1. The highest BCUT2D eigenvalue weighted by Gasteiger charge is 2.25. The third-order valence-electron chi connectivity index (χ3n) is 3.35. The van der Waals surface area contributed by atoms with Crippen LogP contribution in [0.25, 0.3) is 11.4 Å². The quantitative estimate of drug-likeness (QED) is 0.851. The summed E-state index contributed by atoms with van der Waals surface area (Å²) in [5.41, 5.74) is 7.90. The maximum Gasteiger partial charge on any atom is 0.145 e. The van der Waals surface area contributed by atoms with Crippen molar-refractivity contribution in [1.82, 2.24) is 9.55 Å². The first-order valence-corrected chi connectivity index (χ1v) is 6.77. The molecule has 5 heteroatoms. The fourth-order valence-corrected chi connectivity index (χ4v) is 3.17. The highest BCUT2D eigenvalue weighted by atomic mass is 79.9. The first kappa shape index (κ1) is 11.7. The van der Waals surface area contributed by atoms with Crippen LogP contribution in [0.4, 0.5) is 0 Å². The van der Waals surface area contributed by atoms with E-state index in [4.69, 9.17) is 5.73 Å². The fraction of sp³-hybridized carbons (Fsp3) is 0.308. The number of fused-ring (bicyclic) bond motifs is 1. The van der Waals surface area contributed by atoms with Crippen LogP contribution in [0.2, 0.25) is 0 Å². The molecule has 1 unspecified atom stereocenters. The Hall–Kier alpha value is -1.33. The van der Waals surface area contributed by atoms with Gasteiger partial charge < -0.3 is 15.4 Å². The molecule has 2 aromatic rings. The Morgan fingerprint density at radius 2 is 2.17 bits per heavy atom. The lowest BCUT2D eigenvalue weighted by Gasteiger charge is -2.22. The van der Waals surface area contributed by atoms with E-state index in [-0.39, 0.29) is 11.8 Å². The number of hydrogen-bond donors (Lipinski definition) is 2. The molecule has 0 fully saturated rings. The maximum atomic E-state index is 9.94. The van der Waals surface area contributed by atoms with Crippen LogP contribution in [-0.4, -0.2) is 14.7 Å². The molecule has 1 aromatic heterocycles. The van der Waals surface area contributed by atoms with Gasteiger partial charge in [-0.25, -0.2) is 4.98 Å². The third-order valence-corrected chi connectivity index (χ3v) is 3.94. The molecule has 0 saturated heterocycles. The number of nitrogens with zero attached hydrogens (tertiary/aromatic N) is 2. The van der Waals surface area contributed by atoms with E-state index < -0.39 is 0 Å². The molecule has 3 N–H and O–H groups in total. The summed E-state index contributed by atoms with van der Waals surface area (Å²) in [6.07, 6.45) is 2.02. The molecule has 0 saturated carbocycles. The van der Waals surface area contributed by atoms with E-state index in [9.17, 15) is 5.11 Å². The molecule has 3 rings (SSSR count). The minimum absolute atomic E-state index is 0.0141. The van der Waals surface area contributed by atoms with Crippen LogP contribution in [-0.2, 0) is 6.54 Å². The second kappa shape index (κ2) is 4.40. The lowest BCUT2D eigenvalue weighted by atomic mass is 10.1. The molecule has 0 bridgehead atoms. The number of aromatic hydroxyl groups is 1. The third kappa shape index (κ3) is 1.74. The van der Waals surface area contributed by atoms with Gasteiger partial charge >= 0.3 is 0 Å². The smallest absolute Gasteiger partial charge is 0.145 e. The van der Waals surface area contributed by atoms with Gasteiger partial charge in [0.25, 0.3) is 0 Å². The van der Waals surface area contributed by atoms with E-state index in [1.54, 1.807) is 12.1 Å². The first-order chi connectivity index (χ1) is 8.68. The minimum atomic E-state index is 0.0141. The second-order valence-electron chi connectivity index (χ2n) is 4.53. The van der Waals surface area contributed by atoms with Gasteiger partial charge in [0, 0.05) is 12.6 Å². The van der Waals surface area contributed by atoms with Crippen molar-refractivity contribution in [3.63, 3.8) is 0 Å². The van der Waals surface area contributed by atoms with Gasteiger partial charge in [-0.05, 0) is 40.9 Å². The highest BCUT2D eigenvalue weighted by Crippen LogP contribution is 2.36. The van der Waals surface area contributed by atoms with Crippen LogP contribution < -0.4 is 5.73 Å². The average molecular weight is 308 g/mol. The summed E-state index contributed by atoms with van der Waals surface area (Å²) < 4.78 is 2.89. The van der Waals surface area contributed by atoms with Crippen molar-refractivity contribution in [3.8, 4) is 17.1 Å². The van der Waals surface area contributed by atoms with Crippen molar-refractivity contribution in [1.29, 1.82) is 0 Å². The Labute approximate surface area is 114 Å². The molecule has 94 valence electrons. The van der Waals surface area contributed by atoms with E-state index in [1.165, 1.54) is 0 Å². The van der Waals surface area contributed by atoms with Crippen molar-refractivity contribution in [2.24, 2.45) is 5.73 Å². The summed E-state index contributed by atoms with van der Waals surface area (Å²) in [6, 6.07) is 7.26. The number of phenols is 1. The SMILES string of the molecule is NC1CCCn2c(-c3ccccc3O)nc(Br)c21. The lowest BCUT2D eigenvalue weighted by molar-refractivity contribution is 0.459. The van der Waals surface area contributed by atoms with Gasteiger partial charge in [0.05, 0.1) is 11.3 Å². The monoisotopic (exact) mass is 307 g/mol. The van der Waals surface area contributed by atoms with Crippen molar-refractivity contribution in [2.45, 2.75) is 25.4 Å². The summed E-state index contributed by atoms with van der Waals surface area (Å²) in [5, 5.41) is 9.94. The summed E-state index contributed by atoms with van der Waals surface area (Å²) >= 11 is 3.47. The maximum absolute atomic E-state index is 9.94. The molecule has 1 aliphatic heterocycles. The van der Waals surface area contributed by atoms with E-state index in [0.29, 0.717) is 0 Å². The standard InChI is InChI=1S/C13H14BrN3O/c14-12-11-9(15)5-3-7-17(11)13(16-12)8-4-1-2-6-10(8)18/h1-2,4,6,9,18H,3,5,7,15H2. The predicted molar refractivity (Wildman–Crippen MR) is 73.2 cm³/mol. The topological polar surface area (TPSA) is 64.1 Å². The van der Waals surface area contributed by atoms with Crippen molar-refractivity contribution >= 4 is 15.9 Å². The zero-order valence-electron chi connectivity index (χ0n) is 9.81. The Kier molecular flexibility index (Phi) is 2.87. The molecule has 1 aliphatic rings. The van der Waals surface area contributed by atoms with Gasteiger partial charge in [0.1, 0.15) is 16.2 Å². The average Bonchev–Trinajstić information content (AvgIpc) is 2.69. The molecule has 0 radical (unpaired) electrons. The van der Waals surface area contributed by atoms with Crippen LogP contribution in [0.3, 0.4) is 0 Å². The first-order valence-electron chi connectivity index (χ1n) is 5.98. The Morgan fingerprint density at radius 1 is 1.39 bits per heavy atom. The number of halogens is 1. The van der Waals surface area contributed by atoms with Gasteiger partial charge in [-0.3, -0.25) is 0 Å². The highest BCUT2D eigenvalue weighted by molar-refractivity contribution is 9.10. The van der Waals surface area contributed by atoms with Crippen LogP contribution in [0.5, 0.6) is 5.75 Å². The van der Waals surface area contributed by atoms with E-state index in [2.05, 4.69) is 25.5 Å². The predicted octanol–water partition coefficient (Wildman–Crippen LogP) is 2.81. The summed E-state index contributed by atoms with van der Waals surface area (Å²) in [7, 11) is 0. The molecule has 2 heterocycles. The van der Waals surface area contributed by atoms with Gasteiger partial charge in [0.2, 0.25) is 0 Å². The zero-order chi connectivity index (χ0) is 12.7. The molecular weight excluding hydrogens is 294 g/mol. The van der Waals surface area contributed by atoms with Crippen molar-refractivity contribution < 1.29 is 5.11 Å². The Balaban J connectivity index is 2.20. The number of rotatable bonds is 1. The molecular formula is C13H14BrN3O. The number of nitrogens with two attached hydrogens (primary N) is 1. The summed E-state index contributed by atoms with van der Waals surface area (Å²) in [4.78, 5) is 4.51. The molecule has 1 atom stereocenters. The summed E-state index contributed by atoms with van der Waals surface area (Å²) in [5.74, 6) is 1.03. The van der Waals surface area contributed by atoms with Crippen LogP contribution >= 0.6 is 15.9 Å². The second-order valence-corrected chi connectivity index (χ2v) is 5.28. The lowest BCUT2D eigenvalue weighted by Crippen LogP contribution is -2.22. The molecule has 0 aliphatic carbocycles. The van der Waals surface area contributed by atoms with Gasteiger partial charge in [-0.15, -0.1) is 0 Å². The molecule has 0 amide bonds. The van der Waals surface area contributed by atoms with Crippen molar-refractivity contribution in [2.75, 3.05) is 0 Å². The molecule has 0 spiro atoms. The number of para-hydroxylation sites is 1. The Bertz CT molecular complexity index is 594. The molecule has 1 aromatic carbocycles. The number of phenolic OH excluding ortho intramolecular Hbond substituents is 1. The van der Waals surface area contributed by atoms with Crippen LogP contribution in [0.15, 0.2) is 28.9 Å². The minimum Gasteiger partial charge on any atom is -0.507 e. The van der Waals surface area contributed by atoms with E-state index >= 15 is 0 Å². The van der Waals surface area contributed by atoms with Gasteiger partial charge in [0.15, 0.2) is 0 Å². The normalized spacial score (nSPS) is 18.7. The summed E-state index contributed by atoms with van der Waals surface area (Å²) in [6.45, 7) is 0.894. The number of imidazole rings is 1. The van der Waals surface area contributed by atoms with Gasteiger partial charge in [-0.1, -0.05) is 12.1 Å². The molecule has 18 heavy (non-hydrogen) atoms. The Morgan fingerprint density at radius 3 is 2.94 bits per heavy atom. The van der Waals surface area contributed by atoms with E-state index in [0.717, 1.165) is 41.1 Å². The van der Waals surface area contributed by atoms with Crippen LogP contribution in [0.1, 0.15) is 24.6 Å². The zero-order valence-corrected chi connectivity index (χ0v) is 11.4.